The fraction of sp³-hybridized carbons (Fsp3) is 0.429. The average Bonchev–Trinajstić information content (AvgIpc) is 3.17. The van der Waals surface area contributed by atoms with E-state index in [2.05, 4.69) is 4.90 Å². The summed E-state index contributed by atoms with van der Waals surface area (Å²) in [4.78, 5) is 2.36. The van der Waals surface area contributed by atoms with Gasteiger partial charge < -0.3 is 9.47 Å². The van der Waals surface area contributed by atoms with Crippen molar-refractivity contribution < 1.29 is 18.3 Å². The lowest BCUT2D eigenvalue weighted by molar-refractivity contribution is 0.200. The van der Waals surface area contributed by atoms with Crippen LogP contribution in [0.5, 0.6) is 11.5 Å². The molecule has 1 saturated heterocycles. The van der Waals surface area contributed by atoms with Crippen molar-refractivity contribution in [1.82, 2.24) is 4.90 Å². The number of likely N-dealkylation sites (tertiary alicyclic amines) is 1. The molecule has 5 heteroatoms. The molecule has 138 valence electrons. The van der Waals surface area contributed by atoms with Gasteiger partial charge in [0.25, 0.3) is 0 Å². The number of hydrogen-bond acceptors (Lipinski definition) is 3. The van der Waals surface area contributed by atoms with E-state index in [1.165, 1.54) is 19.6 Å². The van der Waals surface area contributed by atoms with Gasteiger partial charge in [0.2, 0.25) is 0 Å². The van der Waals surface area contributed by atoms with E-state index in [4.69, 9.17) is 9.47 Å². The first-order valence-electron chi connectivity index (χ1n) is 8.93. The van der Waals surface area contributed by atoms with E-state index in [-0.39, 0.29) is 22.8 Å². The molecule has 2 unspecified atom stereocenters. The van der Waals surface area contributed by atoms with Crippen LogP contribution in [0.2, 0.25) is 0 Å². The van der Waals surface area contributed by atoms with Crippen molar-refractivity contribution >= 4 is 0 Å². The first-order chi connectivity index (χ1) is 12.5. The molecule has 0 aromatic heterocycles. The zero-order valence-electron chi connectivity index (χ0n) is 15.1. The molecule has 4 rings (SSSR count). The predicted octanol–water partition coefficient (Wildman–Crippen LogP) is 4.18. The van der Waals surface area contributed by atoms with Gasteiger partial charge in [-0.1, -0.05) is 6.07 Å². The van der Waals surface area contributed by atoms with Gasteiger partial charge >= 0.3 is 0 Å². The fourth-order valence-corrected chi connectivity index (χ4v) is 4.05. The molecule has 0 N–H and O–H groups in total. The Hall–Kier alpha value is -2.14. The maximum Gasteiger partial charge on any atom is 0.165 e. The van der Waals surface area contributed by atoms with Gasteiger partial charge in [0.15, 0.2) is 11.6 Å². The molecule has 1 aliphatic carbocycles. The van der Waals surface area contributed by atoms with Gasteiger partial charge in [-0.05, 0) is 60.7 Å². The summed E-state index contributed by atoms with van der Waals surface area (Å²) in [6, 6.07) is 10.0. The second-order valence-electron chi connectivity index (χ2n) is 7.60. The molecule has 0 amide bonds. The lowest BCUT2D eigenvalue weighted by Gasteiger charge is -2.21. The normalized spacial score (nSPS) is 24.4. The van der Waals surface area contributed by atoms with Crippen LogP contribution in [0.1, 0.15) is 17.5 Å². The maximum atomic E-state index is 13.9. The van der Waals surface area contributed by atoms with Crippen molar-refractivity contribution in [3.05, 3.63) is 59.2 Å². The second-order valence-corrected chi connectivity index (χ2v) is 7.60. The van der Waals surface area contributed by atoms with Gasteiger partial charge in [-0.15, -0.1) is 0 Å². The molecule has 0 radical (unpaired) electrons. The van der Waals surface area contributed by atoms with Crippen LogP contribution in [-0.4, -0.2) is 31.7 Å². The molecular weight excluding hydrogens is 336 g/mol. The molecule has 1 aliphatic heterocycles. The van der Waals surface area contributed by atoms with Gasteiger partial charge in [-0.3, -0.25) is 4.90 Å². The van der Waals surface area contributed by atoms with Crippen molar-refractivity contribution in [3.63, 3.8) is 0 Å². The third-order valence-electron chi connectivity index (χ3n) is 5.65. The molecule has 2 atom stereocenters. The van der Waals surface area contributed by atoms with Crippen molar-refractivity contribution in [2.45, 2.75) is 19.9 Å². The van der Waals surface area contributed by atoms with Crippen LogP contribution in [0.3, 0.4) is 0 Å². The van der Waals surface area contributed by atoms with Gasteiger partial charge in [0, 0.05) is 25.0 Å². The third-order valence-corrected chi connectivity index (χ3v) is 5.65. The molecule has 2 fully saturated rings. The number of hydrogen-bond donors (Lipinski definition) is 0. The predicted molar refractivity (Wildman–Crippen MR) is 95.4 cm³/mol. The second kappa shape index (κ2) is 6.54. The number of methoxy groups -OCH3 is 1. The Morgan fingerprint density at radius 2 is 2.00 bits per heavy atom. The number of piperidine rings is 1. The lowest BCUT2D eigenvalue weighted by Crippen LogP contribution is -2.27. The maximum absolute atomic E-state index is 13.9. The zero-order valence-corrected chi connectivity index (χ0v) is 15.1. The van der Waals surface area contributed by atoms with E-state index in [1.807, 2.05) is 6.07 Å². The van der Waals surface area contributed by atoms with Crippen molar-refractivity contribution in [3.8, 4) is 11.5 Å². The minimum atomic E-state index is -0.320. The number of ether oxygens (including phenoxy) is 2. The Kier molecular flexibility index (Phi) is 4.35. The summed E-state index contributed by atoms with van der Waals surface area (Å²) < 4.78 is 38.1. The van der Waals surface area contributed by atoms with Crippen LogP contribution >= 0.6 is 0 Å². The van der Waals surface area contributed by atoms with Gasteiger partial charge in [-0.2, -0.15) is 0 Å². The summed E-state index contributed by atoms with van der Waals surface area (Å²) in [7, 11) is 1.47. The minimum absolute atomic E-state index is 0.188. The van der Waals surface area contributed by atoms with Gasteiger partial charge in [-0.25, -0.2) is 8.78 Å². The number of nitrogens with zero attached hydrogens (tertiary/aromatic N) is 1. The first-order valence-corrected chi connectivity index (χ1v) is 8.93. The van der Waals surface area contributed by atoms with Crippen molar-refractivity contribution in [2.24, 2.45) is 11.3 Å². The molecule has 2 aromatic carbocycles. The zero-order chi connectivity index (χ0) is 18.3. The first kappa shape index (κ1) is 17.3. The van der Waals surface area contributed by atoms with Crippen molar-refractivity contribution in [1.29, 1.82) is 0 Å². The molecule has 0 spiro atoms. The lowest BCUT2D eigenvalue weighted by atomic mass is 10.1. The van der Waals surface area contributed by atoms with Crippen LogP contribution in [0.4, 0.5) is 8.78 Å². The highest BCUT2D eigenvalue weighted by Crippen LogP contribution is 2.58. The van der Waals surface area contributed by atoms with E-state index >= 15 is 0 Å². The average molecular weight is 359 g/mol. The molecule has 1 saturated carbocycles. The van der Waals surface area contributed by atoms with Gasteiger partial charge in [0.1, 0.15) is 11.6 Å². The van der Waals surface area contributed by atoms with Crippen LogP contribution in [0.15, 0.2) is 36.4 Å². The molecular formula is C21H23F2NO2. The van der Waals surface area contributed by atoms with Crippen LogP contribution < -0.4 is 9.47 Å². The molecule has 1 heterocycles. The molecule has 2 aromatic rings. The smallest absolute Gasteiger partial charge is 0.165 e. The van der Waals surface area contributed by atoms with E-state index in [0.717, 1.165) is 30.9 Å². The SMILES string of the molecule is COc1ccc(CN2CC3CC3(COc3ccc(F)c(C)c3)C2)cc1F. The summed E-state index contributed by atoms with van der Waals surface area (Å²) in [5, 5.41) is 0. The summed E-state index contributed by atoms with van der Waals surface area (Å²) in [6.07, 6.45) is 1.17. The number of fused-ring (bicyclic) bond motifs is 1. The number of benzene rings is 2. The van der Waals surface area contributed by atoms with E-state index in [0.29, 0.717) is 18.1 Å². The number of halogens is 2. The molecule has 0 bridgehead atoms. The highest BCUT2D eigenvalue weighted by atomic mass is 19.1. The van der Waals surface area contributed by atoms with E-state index in [9.17, 15) is 8.78 Å². The number of rotatable bonds is 6. The summed E-state index contributed by atoms with van der Waals surface area (Å²) in [5.41, 5.74) is 1.74. The highest BCUT2D eigenvalue weighted by Gasteiger charge is 2.60. The number of aryl methyl sites for hydroxylation is 1. The van der Waals surface area contributed by atoms with Crippen LogP contribution in [-0.2, 0) is 6.54 Å². The highest BCUT2D eigenvalue weighted by molar-refractivity contribution is 5.30. The quantitative estimate of drug-likeness (QED) is 0.772. The van der Waals surface area contributed by atoms with Crippen LogP contribution in [0.25, 0.3) is 0 Å². The minimum Gasteiger partial charge on any atom is -0.494 e. The largest absolute Gasteiger partial charge is 0.494 e. The topological polar surface area (TPSA) is 21.7 Å². The Morgan fingerprint density at radius 1 is 1.15 bits per heavy atom. The standard InChI is InChI=1S/C21H23F2NO2/c1-14-7-17(4-5-18(14)22)26-13-21-9-16(21)11-24(12-21)10-15-3-6-20(25-2)19(23)8-15/h3-8,16H,9-13H2,1-2H3. The van der Waals surface area contributed by atoms with E-state index in [1.54, 1.807) is 31.2 Å². The Labute approximate surface area is 152 Å². The molecule has 3 nitrogen and oxygen atoms in total. The third kappa shape index (κ3) is 3.28. The monoisotopic (exact) mass is 359 g/mol. The molecule has 26 heavy (non-hydrogen) atoms. The summed E-state index contributed by atoms with van der Waals surface area (Å²) >= 11 is 0. The summed E-state index contributed by atoms with van der Waals surface area (Å²) in [6.45, 7) is 5.08. The van der Waals surface area contributed by atoms with Crippen LogP contribution in [0, 0.1) is 29.9 Å². The Bertz CT molecular complexity index is 826. The van der Waals surface area contributed by atoms with E-state index < -0.39 is 0 Å². The van der Waals surface area contributed by atoms with Crippen molar-refractivity contribution in [2.75, 3.05) is 26.8 Å². The van der Waals surface area contributed by atoms with Gasteiger partial charge in [0.05, 0.1) is 13.7 Å². The fourth-order valence-electron chi connectivity index (χ4n) is 4.05. The molecule has 2 aliphatic rings. The Balaban J connectivity index is 1.35. The Morgan fingerprint density at radius 3 is 2.73 bits per heavy atom. The summed E-state index contributed by atoms with van der Waals surface area (Å²) in [5.74, 6) is 1.10.